The van der Waals surface area contributed by atoms with Crippen LogP contribution in [0.25, 0.3) is 0 Å². The Kier molecular flexibility index (Phi) is 4.55. The minimum Gasteiger partial charge on any atom is -0.394 e. The zero-order valence-electron chi connectivity index (χ0n) is 6.33. The van der Waals surface area contributed by atoms with Crippen molar-refractivity contribution in [2.24, 2.45) is 0 Å². The van der Waals surface area contributed by atoms with Crippen LogP contribution in [0, 0.1) is 0 Å². The molecule has 1 atom stereocenters. The van der Waals surface area contributed by atoms with Crippen molar-refractivity contribution in [2.45, 2.75) is 19.8 Å². The molecule has 0 heterocycles. The van der Waals surface area contributed by atoms with Gasteiger partial charge in [0.25, 0.3) is 5.97 Å². The molecule has 10 heavy (non-hydrogen) atoms. The van der Waals surface area contributed by atoms with Crippen LogP contribution >= 0.6 is 0 Å². The molecule has 0 aliphatic heterocycles. The van der Waals surface area contributed by atoms with Crippen molar-refractivity contribution < 1.29 is 19.7 Å². The lowest BCUT2D eigenvalue weighted by molar-refractivity contribution is -0.348. The highest BCUT2D eigenvalue weighted by molar-refractivity contribution is 4.40. The van der Waals surface area contributed by atoms with Gasteiger partial charge in [-0.25, -0.2) is 0 Å². The summed E-state index contributed by atoms with van der Waals surface area (Å²) in [5, 5.41) is 17.4. The van der Waals surface area contributed by atoms with E-state index < -0.39 is 5.97 Å². The molecule has 0 aromatic carbocycles. The molecule has 2 N–H and O–H groups in total. The highest BCUT2D eigenvalue weighted by Crippen LogP contribution is 2.05. The summed E-state index contributed by atoms with van der Waals surface area (Å²) >= 11 is 0. The average Bonchev–Trinajstić information content (AvgIpc) is 1.84. The molecule has 0 aliphatic carbocycles. The van der Waals surface area contributed by atoms with Gasteiger partial charge in [0, 0.05) is 13.5 Å². The first-order valence-corrected chi connectivity index (χ1v) is 3.23. The Balaban J connectivity index is 3.42. The van der Waals surface area contributed by atoms with Crippen LogP contribution in [0.5, 0.6) is 0 Å². The summed E-state index contributed by atoms with van der Waals surface area (Å²) < 4.78 is 9.46. The van der Waals surface area contributed by atoms with E-state index in [0.29, 0.717) is 6.61 Å². The molecule has 0 aliphatic rings. The zero-order chi connectivity index (χ0) is 8.04. The number of aliphatic hydroxyl groups is 2. The van der Waals surface area contributed by atoms with E-state index in [9.17, 15) is 0 Å². The Bertz CT molecular complexity index is 81.8. The van der Waals surface area contributed by atoms with Crippen LogP contribution in [0.3, 0.4) is 0 Å². The van der Waals surface area contributed by atoms with Crippen molar-refractivity contribution in [2.75, 3.05) is 19.8 Å². The fourth-order valence-corrected chi connectivity index (χ4v) is 0.544. The molecule has 62 valence electrons. The monoisotopic (exact) mass is 150 g/mol. The van der Waals surface area contributed by atoms with Crippen LogP contribution in [-0.4, -0.2) is 36.0 Å². The van der Waals surface area contributed by atoms with Gasteiger partial charge in [-0.2, -0.15) is 0 Å². The van der Waals surface area contributed by atoms with E-state index >= 15 is 0 Å². The maximum Gasteiger partial charge on any atom is 0.277 e. The van der Waals surface area contributed by atoms with E-state index in [0.717, 1.165) is 0 Å². The summed E-state index contributed by atoms with van der Waals surface area (Å²) in [6.07, 6.45) is 0. The van der Waals surface area contributed by atoms with E-state index in [1.807, 2.05) is 0 Å². The van der Waals surface area contributed by atoms with Crippen molar-refractivity contribution in [1.82, 2.24) is 0 Å². The molecular weight excluding hydrogens is 136 g/mol. The molecule has 0 aromatic heterocycles. The van der Waals surface area contributed by atoms with Crippen LogP contribution in [0.2, 0.25) is 0 Å². The smallest absolute Gasteiger partial charge is 0.277 e. The first kappa shape index (κ1) is 9.84. The average molecular weight is 150 g/mol. The molecule has 1 unspecified atom stereocenters. The highest BCUT2D eigenvalue weighted by Gasteiger charge is 2.19. The fourth-order valence-electron chi connectivity index (χ4n) is 0.544. The van der Waals surface area contributed by atoms with Gasteiger partial charge in [0.15, 0.2) is 0 Å². The minimum atomic E-state index is -1.56. The van der Waals surface area contributed by atoms with Crippen molar-refractivity contribution in [1.29, 1.82) is 0 Å². The molecule has 0 spiro atoms. The molecule has 0 fully saturated rings. The summed E-state index contributed by atoms with van der Waals surface area (Å²) in [6, 6.07) is 0. The van der Waals surface area contributed by atoms with E-state index in [1.165, 1.54) is 6.92 Å². The lowest BCUT2D eigenvalue weighted by Crippen LogP contribution is -2.32. The molecule has 0 bridgehead atoms. The van der Waals surface area contributed by atoms with Gasteiger partial charge in [-0.3, -0.25) is 0 Å². The van der Waals surface area contributed by atoms with Crippen molar-refractivity contribution in [3.05, 3.63) is 0 Å². The summed E-state index contributed by atoms with van der Waals surface area (Å²) in [5.41, 5.74) is 0. The molecule has 0 amide bonds. The van der Waals surface area contributed by atoms with Crippen molar-refractivity contribution in [3.8, 4) is 0 Å². The number of hydrogen-bond acceptors (Lipinski definition) is 4. The molecule has 0 radical (unpaired) electrons. The van der Waals surface area contributed by atoms with E-state index in [-0.39, 0.29) is 13.2 Å². The topological polar surface area (TPSA) is 58.9 Å². The van der Waals surface area contributed by atoms with Gasteiger partial charge in [0.05, 0.1) is 13.2 Å². The molecule has 0 aromatic rings. The maximum atomic E-state index is 9.09. The minimum absolute atomic E-state index is 0.0764. The second-order valence-corrected chi connectivity index (χ2v) is 1.90. The van der Waals surface area contributed by atoms with Gasteiger partial charge in [0.2, 0.25) is 0 Å². The van der Waals surface area contributed by atoms with E-state index in [4.69, 9.17) is 19.7 Å². The Morgan fingerprint density at radius 2 is 2.00 bits per heavy atom. The Morgan fingerprint density at radius 3 is 2.40 bits per heavy atom. The first-order valence-electron chi connectivity index (χ1n) is 3.23. The van der Waals surface area contributed by atoms with Gasteiger partial charge < -0.3 is 19.7 Å². The quantitative estimate of drug-likeness (QED) is 0.528. The van der Waals surface area contributed by atoms with Gasteiger partial charge in [-0.05, 0) is 6.92 Å². The van der Waals surface area contributed by atoms with Crippen molar-refractivity contribution in [3.63, 3.8) is 0 Å². The molecule has 4 heteroatoms. The van der Waals surface area contributed by atoms with Gasteiger partial charge >= 0.3 is 0 Å². The summed E-state index contributed by atoms with van der Waals surface area (Å²) in [4.78, 5) is 0. The molecule has 0 rings (SSSR count). The normalized spacial score (nSPS) is 16.8. The van der Waals surface area contributed by atoms with Crippen LogP contribution < -0.4 is 0 Å². The first-order chi connectivity index (χ1) is 4.62. The lowest BCUT2D eigenvalue weighted by atomic mass is 10.6. The largest absolute Gasteiger partial charge is 0.394 e. The molecular formula is C6H14O4. The van der Waals surface area contributed by atoms with Crippen LogP contribution in [0.4, 0.5) is 0 Å². The third kappa shape index (κ3) is 4.69. The highest BCUT2D eigenvalue weighted by atomic mass is 16.8. The number of ether oxygens (including phenoxy) is 2. The maximum absolute atomic E-state index is 9.09. The van der Waals surface area contributed by atoms with Gasteiger partial charge in [-0.1, -0.05) is 0 Å². The molecule has 0 saturated heterocycles. The molecule has 4 nitrogen and oxygen atoms in total. The van der Waals surface area contributed by atoms with Crippen LogP contribution in [0.15, 0.2) is 0 Å². The number of aliphatic hydroxyl groups excluding tert-OH is 1. The van der Waals surface area contributed by atoms with E-state index in [1.54, 1.807) is 6.92 Å². The summed E-state index contributed by atoms with van der Waals surface area (Å²) in [6.45, 7) is 3.46. The predicted molar refractivity (Wildman–Crippen MR) is 35.3 cm³/mol. The van der Waals surface area contributed by atoms with Gasteiger partial charge in [-0.15, -0.1) is 0 Å². The second-order valence-electron chi connectivity index (χ2n) is 1.90. The fraction of sp³-hybridized carbons (Fsp3) is 1.00. The van der Waals surface area contributed by atoms with Crippen LogP contribution in [-0.2, 0) is 9.47 Å². The standard InChI is InChI=1S/C6H14O4/c1-3-9-6(2,8)10-5-4-7/h7-8H,3-5H2,1-2H3. The van der Waals surface area contributed by atoms with Gasteiger partial charge in [0.1, 0.15) is 0 Å². The SMILES string of the molecule is CCOC(C)(O)OCCO. The third-order valence-corrected chi connectivity index (χ3v) is 0.873. The Morgan fingerprint density at radius 1 is 1.40 bits per heavy atom. The second kappa shape index (κ2) is 4.62. The predicted octanol–water partition coefficient (Wildman–Crippen LogP) is -0.302. The summed E-state index contributed by atoms with van der Waals surface area (Å²) in [7, 11) is 0. The number of rotatable bonds is 5. The third-order valence-electron chi connectivity index (χ3n) is 0.873. The van der Waals surface area contributed by atoms with E-state index in [2.05, 4.69) is 0 Å². The lowest BCUT2D eigenvalue weighted by Gasteiger charge is -2.22. The Labute approximate surface area is 60.4 Å². The summed E-state index contributed by atoms with van der Waals surface area (Å²) in [5.74, 6) is -1.56. The Hall–Kier alpha value is -0.160. The van der Waals surface area contributed by atoms with Crippen molar-refractivity contribution >= 4 is 0 Å². The number of hydrogen-bond donors (Lipinski definition) is 2. The molecule has 0 saturated carbocycles. The zero-order valence-corrected chi connectivity index (χ0v) is 6.33. The van der Waals surface area contributed by atoms with Crippen LogP contribution in [0.1, 0.15) is 13.8 Å².